The highest BCUT2D eigenvalue weighted by Crippen LogP contribution is 2.37. The Morgan fingerprint density at radius 1 is 1.33 bits per heavy atom. The summed E-state index contributed by atoms with van der Waals surface area (Å²) in [7, 11) is 4.00. The quantitative estimate of drug-likeness (QED) is 0.902. The van der Waals surface area contributed by atoms with Crippen LogP contribution in [0.25, 0.3) is 0 Å². The van der Waals surface area contributed by atoms with Crippen LogP contribution < -0.4 is 5.73 Å². The topological polar surface area (TPSA) is 38.5 Å². The van der Waals surface area contributed by atoms with Gasteiger partial charge in [0.15, 0.2) is 0 Å². The third-order valence-electron chi connectivity index (χ3n) is 5.26. The number of likely N-dealkylation sites (N-methyl/N-ethyl adjacent to an activating group) is 1. The maximum atomic E-state index is 6.16. The summed E-state index contributed by atoms with van der Waals surface area (Å²) in [6, 6.07) is 8.45. The Morgan fingerprint density at radius 3 is 2.38 bits per heavy atom. The first kappa shape index (κ1) is 16.8. The van der Waals surface area contributed by atoms with Gasteiger partial charge in [-0.2, -0.15) is 0 Å². The summed E-state index contributed by atoms with van der Waals surface area (Å²) in [5.74, 6) is 0. The molecule has 1 aromatic carbocycles. The van der Waals surface area contributed by atoms with Gasteiger partial charge in [0.25, 0.3) is 0 Å². The third-order valence-corrected chi connectivity index (χ3v) is 5.51. The molecular formula is C17H27ClN2O. The van der Waals surface area contributed by atoms with Gasteiger partial charge in [-0.25, -0.2) is 0 Å². The number of nitrogens with zero attached hydrogens (tertiary/aromatic N) is 1. The molecule has 0 spiro atoms. The highest BCUT2D eigenvalue weighted by molar-refractivity contribution is 6.30. The second kappa shape index (κ2) is 7.10. The van der Waals surface area contributed by atoms with Crippen LogP contribution in [0, 0.1) is 0 Å². The van der Waals surface area contributed by atoms with Crippen molar-refractivity contribution >= 4 is 11.6 Å². The van der Waals surface area contributed by atoms with E-state index < -0.39 is 0 Å². The van der Waals surface area contributed by atoms with E-state index in [1.54, 1.807) is 7.11 Å². The lowest BCUT2D eigenvalue weighted by Crippen LogP contribution is -2.55. The van der Waals surface area contributed by atoms with Crippen molar-refractivity contribution in [3.8, 4) is 0 Å². The van der Waals surface area contributed by atoms with Crippen LogP contribution in [0.2, 0.25) is 5.02 Å². The van der Waals surface area contributed by atoms with Crippen molar-refractivity contribution in [3.05, 3.63) is 34.9 Å². The van der Waals surface area contributed by atoms with Crippen molar-refractivity contribution in [2.45, 2.75) is 50.3 Å². The van der Waals surface area contributed by atoms with E-state index >= 15 is 0 Å². The molecule has 1 saturated carbocycles. The van der Waals surface area contributed by atoms with Gasteiger partial charge in [-0.3, -0.25) is 4.90 Å². The number of halogens is 1. The van der Waals surface area contributed by atoms with Crippen LogP contribution in [0.5, 0.6) is 0 Å². The fraction of sp³-hybridized carbons (Fsp3) is 0.647. The average Bonchev–Trinajstić information content (AvgIpc) is 2.54. The lowest BCUT2D eigenvalue weighted by Gasteiger charge is -2.48. The minimum atomic E-state index is 0.0775. The first-order valence-corrected chi connectivity index (χ1v) is 8.11. The summed E-state index contributed by atoms with van der Waals surface area (Å²) in [6.45, 7) is 2.93. The number of nitrogens with two attached hydrogens (primary N) is 1. The molecule has 2 rings (SSSR count). The summed E-state index contributed by atoms with van der Waals surface area (Å²) >= 11 is 5.98. The van der Waals surface area contributed by atoms with Crippen LogP contribution in [0.3, 0.4) is 0 Å². The molecule has 0 amide bonds. The zero-order chi connectivity index (χ0) is 15.5. The molecule has 1 aromatic rings. The predicted molar refractivity (Wildman–Crippen MR) is 88.7 cm³/mol. The number of hydrogen-bond acceptors (Lipinski definition) is 3. The van der Waals surface area contributed by atoms with E-state index in [0.717, 1.165) is 30.7 Å². The fourth-order valence-electron chi connectivity index (χ4n) is 3.44. The van der Waals surface area contributed by atoms with Gasteiger partial charge in [0.2, 0.25) is 0 Å². The first-order valence-electron chi connectivity index (χ1n) is 7.73. The summed E-state index contributed by atoms with van der Waals surface area (Å²) in [6.07, 6.45) is 4.76. The lowest BCUT2D eigenvalue weighted by molar-refractivity contribution is -0.0108. The Hall–Kier alpha value is -0.610. The molecule has 118 valence electrons. The van der Waals surface area contributed by atoms with Gasteiger partial charge in [0.1, 0.15) is 0 Å². The average molecular weight is 311 g/mol. The van der Waals surface area contributed by atoms with Gasteiger partial charge in [-0.1, -0.05) is 23.7 Å². The minimum absolute atomic E-state index is 0.0775. The maximum Gasteiger partial charge on any atom is 0.0572 e. The molecule has 0 radical (unpaired) electrons. The molecule has 4 heteroatoms. The van der Waals surface area contributed by atoms with Crippen molar-refractivity contribution in [3.63, 3.8) is 0 Å². The van der Waals surface area contributed by atoms with Gasteiger partial charge in [-0.05, 0) is 57.4 Å². The molecular weight excluding hydrogens is 284 g/mol. The van der Waals surface area contributed by atoms with E-state index in [1.165, 1.54) is 5.56 Å². The highest BCUT2D eigenvalue weighted by Gasteiger charge is 2.39. The minimum Gasteiger partial charge on any atom is -0.381 e. The number of hydrogen-bond donors (Lipinski definition) is 1. The molecule has 2 N–H and O–H groups in total. The smallest absolute Gasteiger partial charge is 0.0572 e. The Balaban J connectivity index is 2.12. The molecule has 1 aliphatic rings. The van der Waals surface area contributed by atoms with Crippen LogP contribution in [-0.2, 0) is 4.74 Å². The largest absolute Gasteiger partial charge is 0.381 e. The van der Waals surface area contributed by atoms with Gasteiger partial charge >= 0.3 is 0 Å². The van der Waals surface area contributed by atoms with Crippen LogP contribution in [0.4, 0.5) is 0 Å². The van der Waals surface area contributed by atoms with Crippen molar-refractivity contribution < 1.29 is 4.74 Å². The molecule has 3 nitrogen and oxygen atoms in total. The van der Waals surface area contributed by atoms with Crippen LogP contribution in [0.1, 0.15) is 44.2 Å². The van der Waals surface area contributed by atoms with Gasteiger partial charge < -0.3 is 10.5 Å². The summed E-state index contributed by atoms with van der Waals surface area (Å²) < 4.78 is 5.49. The van der Waals surface area contributed by atoms with Crippen LogP contribution in [0.15, 0.2) is 24.3 Å². The number of benzene rings is 1. The van der Waals surface area contributed by atoms with Crippen molar-refractivity contribution in [1.29, 1.82) is 0 Å². The Labute approximate surface area is 133 Å². The SMILES string of the molecule is COC1CCC(CN)(N(C)C(C)c2ccc(Cl)cc2)CC1. The first-order chi connectivity index (χ1) is 10.0. The molecule has 1 unspecified atom stereocenters. The standard InChI is InChI=1S/C17H27ClN2O/c1-13(14-4-6-15(18)7-5-14)20(2)17(12-19)10-8-16(21-3)9-11-17/h4-7,13,16H,8-12,19H2,1-3H3. The predicted octanol–water partition coefficient (Wildman–Crippen LogP) is 3.62. The Bertz CT molecular complexity index is 441. The molecule has 1 aliphatic carbocycles. The summed E-state index contributed by atoms with van der Waals surface area (Å²) in [5.41, 5.74) is 7.52. The van der Waals surface area contributed by atoms with Gasteiger partial charge in [-0.15, -0.1) is 0 Å². The van der Waals surface area contributed by atoms with E-state index in [0.29, 0.717) is 18.7 Å². The van der Waals surface area contributed by atoms with Crippen LogP contribution in [-0.4, -0.2) is 37.2 Å². The normalized spacial score (nSPS) is 27.8. The lowest BCUT2D eigenvalue weighted by atomic mass is 9.78. The third kappa shape index (κ3) is 3.59. The molecule has 0 aromatic heterocycles. The second-order valence-electron chi connectivity index (χ2n) is 6.20. The van der Waals surface area contributed by atoms with Crippen molar-refractivity contribution in [2.75, 3.05) is 20.7 Å². The molecule has 0 bridgehead atoms. The second-order valence-corrected chi connectivity index (χ2v) is 6.64. The number of methoxy groups -OCH3 is 1. The van der Waals surface area contributed by atoms with Gasteiger partial charge in [0.05, 0.1) is 6.10 Å². The zero-order valence-electron chi connectivity index (χ0n) is 13.3. The highest BCUT2D eigenvalue weighted by atomic mass is 35.5. The molecule has 0 aliphatic heterocycles. The number of rotatable bonds is 5. The van der Waals surface area contributed by atoms with Crippen molar-refractivity contribution in [2.24, 2.45) is 5.73 Å². The van der Waals surface area contributed by atoms with Gasteiger partial charge in [0, 0.05) is 30.3 Å². The van der Waals surface area contributed by atoms with E-state index in [9.17, 15) is 0 Å². The monoisotopic (exact) mass is 310 g/mol. The Morgan fingerprint density at radius 2 is 1.90 bits per heavy atom. The van der Waals surface area contributed by atoms with E-state index in [-0.39, 0.29) is 5.54 Å². The van der Waals surface area contributed by atoms with E-state index in [4.69, 9.17) is 22.1 Å². The van der Waals surface area contributed by atoms with E-state index in [2.05, 4.69) is 31.0 Å². The molecule has 21 heavy (non-hydrogen) atoms. The van der Waals surface area contributed by atoms with Crippen molar-refractivity contribution in [1.82, 2.24) is 4.90 Å². The maximum absolute atomic E-state index is 6.16. The molecule has 0 saturated heterocycles. The molecule has 1 fully saturated rings. The fourth-order valence-corrected chi connectivity index (χ4v) is 3.57. The zero-order valence-corrected chi connectivity index (χ0v) is 14.1. The molecule has 1 atom stereocenters. The van der Waals surface area contributed by atoms with E-state index in [1.807, 2.05) is 12.1 Å². The number of ether oxygens (including phenoxy) is 1. The summed E-state index contributed by atoms with van der Waals surface area (Å²) in [5, 5.41) is 0.780. The molecule has 0 heterocycles. The van der Waals surface area contributed by atoms with Crippen LogP contribution >= 0.6 is 11.6 Å². The Kier molecular flexibility index (Phi) is 5.67. The summed E-state index contributed by atoms with van der Waals surface area (Å²) in [4.78, 5) is 2.45.